The Morgan fingerprint density at radius 2 is 2.24 bits per heavy atom. The van der Waals surface area contributed by atoms with E-state index in [0.29, 0.717) is 5.82 Å². The van der Waals surface area contributed by atoms with Crippen molar-refractivity contribution in [2.24, 2.45) is 5.92 Å². The molecule has 0 aliphatic rings. The molecule has 4 nitrogen and oxygen atoms in total. The molecule has 0 spiro atoms. The lowest BCUT2D eigenvalue weighted by atomic mass is 10.1. The Balaban J connectivity index is 2.80. The maximum atomic E-state index is 12.0. The Kier molecular flexibility index (Phi) is 5.10. The number of pyridine rings is 1. The van der Waals surface area contributed by atoms with Gasteiger partial charge in [-0.2, -0.15) is 0 Å². The van der Waals surface area contributed by atoms with Crippen LogP contribution in [0.1, 0.15) is 26.3 Å². The number of amides is 1. The van der Waals surface area contributed by atoms with E-state index in [-0.39, 0.29) is 11.8 Å². The highest BCUT2D eigenvalue weighted by molar-refractivity contribution is 5.94. The summed E-state index contributed by atoms with van der Waals surface area (Å²) in [7, 11) is 1.55. The largest absolute Gasteiger partial charge is 0.371 e. The topological polar surface area (TPSA) is 51.2 Å². The summed E-state index contributed by atoms with van der Waals surface area (Å²) in [6.07, 6.45) is 2.07. The van der Waals surface area contributed by atoms with Gasteiger partial charge in [0.1, 0.15) is 11.9 Å². The number of methoxy groups -OCH3 is 1. The van der Waals surface area contributed by atoms with Crippen molar-refractivity contribution in [1.29, 1.82) is 0 Å². The van der Waals surface area contributed by atoms with Crippen LogP contribution in [0.3, 0.4) is 0 Å². The van der Waals surface area contributed by atoms with Gasteiger partial charge in [-0.05, 0) is 24.0 Å². The van der Waals surface area contributed by atoms with Gasteiger partial charge in [0.25, 0.3) is 5.91 Å². The van der Waals surface area contributed by atoms with Crippen molar-refractivity contribution in [3.63, 3.8) is 0 Å². The lowest BCUT2D eigenvalue weighted by molar-refractivity contribution is -0.128. The van der Waals surface area contributed by atoms with Gasteiger partial charge >= 0.3 is 0 Å². The molecule has 1 aromatic rings. The van der Waals surface area contributed by atoms with Crippen molar-refractivity contribution in [2.45, 2.75) is 33.3 Å². The van der Waals surface area contributed by atoms with Crippen molar-refractivity contribution in [2.75, 3.05) is 12.4 Å². The summed E-state index contributed by atoms with van der Waals surface area (Å²) < 4.78 is 5.18. The third-order valence-corrected chi connectivity index (χ3v) is 2.63. The normalized spacial score (nSPS) is 12.5. The first-order valence-corrected chi connectivity index (χ1v) is 5.87. The standard InChI is InChI=1S/C13H20N2O2/c1-5-10-7-6-8-14-12(10)15-13(16)11(17-4)9(2)3/h6-9,11H,5H2,1-4H3,(H,14,15,16). The summed E-state index contributed by atoms with van der Waals surface area (Å²) in [6.45, 7) is 5.93. The Bertz CT molecular complexity index is 377. The molecule has 4 heteroatoms. The molecular formula is C13H20N2O2. The third-order valence-electron chi connectivity index (χ3n) is 2.63. The van der Waals surface area contributed by atoms with Crippen LogP contribution in [0.25, 0.3) is 0 Å². The van der Waals surface area contributed by atoms with Crippen LogP contribution in [0.5, 0.6) is 0 Å². The molecular weight excluding hydrogens is 216 g/mol. The second-order valence-electron chi connectivity index (χ2n) is 4.25. The lowest BCUT2D eigenvalue weighted by Crippen LogP contribution is -2.34. The molecule has 0 aromatic carbocycles. The summed E-state index contributed by atoms with van der Waals surface area (Å²) in [5, 5.41) is 2.82. The zero-order chi connectivity index (χ0) is 12.8. The number of aryl methyl sites for hydroxylation is 1. The van der Waals surface area contributed by atoms with Crippen LogP contribution in [0, 0.1) is 5.92 Å². The Labute approximate surface area is 102 Å². The molecule has 1 aromatic heterocycles. The second kappa shape index (κ2) is 6.35. The number of nitrogens with one attached hydrogen (secondary N) is 1. The molecule has 1 unspecified atom stereocenters. The van der Waals surface area contributed by atoms with E-state index < -0.39 is 6.10 Å². The van der Waals surface area contributed by atoms with Crippen molar-refractivity contribution >= 4 is 11.7 Å². The van der Waals surface area contributed by atoms with Gasteiger partial charge in [0, 0.05) is 13.3 Å². The molecule has 1 rings (SSSR count). The van der Waals surface area contributed by atoms with Crippen LogP contribution in [0.15, 0.2) is 18.3 Å². The van der Waals surface area contributed by atoms with E-state index in [4.69, 9.17) is 4.74 Å². The van der Waals surface area contributed by atoms with Crippen LogP contribution in [-0.4, -0.2) is 24.1 Å². The van der Waals surface area contributed by atoms with E-state index in [1.165, 1.54) is 0 Å². The van der Waals surface area contributed by atoms with Gasteiger partial charge in [-0.25, -0.2) is 4.98 Å². The number of aromatic nitrogens is 1. The van der Waals surface area contributed by atoms with Crippen molar-refractivity contribution in [3.8, 4) is 0 Å². The maximum absolute atomic E-state index is 12.0. The molecule has 17 heavy (non-hydrogen) atoms. The van der Waals surface area contributed by atoms with Gasteiger partial charge < -0.3 is 10.1 Å². The minimum Gasteiger partial charge on any atom is -0.371 e. The summed E-state index contributed by atoms with van der Waals surface area (Å²) in [5.74, 6) is 0.618. The maximum Gasteiger partial charge on any atom is 0.254 e. The molecule has 0 aliphatic carbocycles. The SMILES string of the molecule is CCc1cccnc1NC(=O)C(OC)C(C)C. The molecule has 0 saturated heterocycles. The van der Waals surface area contributed by atoms with Crippen LogP contribution in [0.2, 0.25) is 0 Å². The van der Waals surface area contributed by atoms with E-state index in [0.717, 1.165) is 12.0 Å². The van der Waals surface area contributed by atoms with Gasteiger partial charge in [0.2, 0.25) is 0 Å². The third kappa shape index (κ3) is 3.53. The van der Waals surface area contributed by atoms with E-state index in [1.54, 1.807) is 13.3 Å². The zero-order valence-corrected chi connectivity index (χ0v) is 10.9. The van der Waals surface area contributed by atoms with Gasteiger partial charge in [-0.3, -0.25) is 4.79 Å². The van der Waals surface area contributed by atoms with Crippen molar-refractivity contribution in [1.82, 2.24) is 4.98 Å². The van der Waals surface area contributed by atoms with Gasteiger partial charge in [-0.15, -0.1) is 0 Å². The lowest BCUT2D eigenvalue weighted by Gasteiger charge is -2.18. The monoisotopic (exact) mass is 236 g/mol. The Hall–Kier alpha value is -1.42. The van der Waals surface area contributed by atoms with Gasteiger partial charge in [0.15, 0.2) is 0 Å². The van der Waals surface area contributed by atoms with Crippen LogP contribution < -0.4 is 5.32 Å². The summed E-state index contributed by atoms with van der Waals surface area (Å²) in [6, 6.07) is 3.82. The minimum atomic E-state index is -0.443. The molecule has 0 bridgehead atoms. The Morgan fingerprint density at radius 1 is 1.53 bits per heavy atom. The van der Waals surface area contributed by atoms with Crippen LogP contribution >= 0.6 is 0 Å². The molecule has 0 fully saturated rings. The first-order chi connectivity index (χ1) is 8.10. The number of hydrogen-bond acceptors (Lipinski definition) is 3. The molecule has 94 valence electrons. The quantitative estimate of drug-likeness (QED) is 0.853. The average molecular weight is 236 g/mol. The smallest absolute Gasteiger partial charge is 0.254 e. The summed E-state index contributed by atoms with van der Waals surface area (Å²) in [5.41, 5.74) is 1.03. The number of nitrogens with zero attached hydrogens (tertiary/aromatic N) is 1. The molecule has 0 radical (unpaired) electrons. The molecule has 1 N–H and O–H groups in total. The highest BCUT2D eigenvalue weighted by Gasteiger charge is 2.22. The zero-order valence-electron chi connectivity index (χ0n) is 10.9. The minimum absolute atomic E-state index is 0.133. The molecule has 0 saturated carbocycles. The number of carbonyl (C=O) groups excluding carboxylic acids is 1. The summed E-state index contributed by atoms with van der Waals surface area (Å²) >= 11 is 0. The molecule has 1 atom stereocenters. The fraction of sp³-hybridized carbons (Fsp3) is 0.538. The first kappa shape index (κ1) is 13.6. The highest BCUT2D eigenvalue weighted by Crippen LogP contribution is 2.14. The van der Waals surface area contributed by atoms with E-state index in [9.17, 15) is 4.79 Å². The number of carbonyl (C=O) groups is 1. The van der Waals surface area contributed by atoms with Crippen LogP contribution in [-0.2, 0) is 16.0 Å². The number of hydrogen-bond donors (Lipinski definition) is 1. The summed E-state index contributed by atoms with van der Waals surface area (Å²) in [4.78, 5) is 16.2. The number of anilines is 1. The van der Waals surface area contributed by atoms with E-state index in [2.05, 4.69) is 10.3 Å². The highest BCUT2D eigenvalue weighted by atomic mass is 16.5. The average Bonchev–Trinajstić information content (AvgIpc) is 2.30. The number of rotatable bonds is 5. The van der Waals surface area contributed by atoms with E-state index >= 15 is 0 Å². The Morgan fingerprint density at radius 3 is 2.76 bits per heavy atom. The predicted molar refractivity (Wildman–Crippen MR) is 67.9 cm³/mol. The first-order valence-electron chi connectivity index (χ1n) is 5.87. The predicted octanol–water partition coefficient (Wildman–Crippen LogP) is 2.25. The van der Waals surface area contributed by atoms with Crippen molar-refractivity contribution in [3.05, 3.63) is 23.9 Å². The second-order valence-corrected chi connectivity index (χ2v) is 4.25. The molecule has 1 heterocycles. The molecule has 0 aliphatic heterocycles. The van der Waals surface area contributed by atoms with Crippen molar-refractivity contribution < 1.29 is 9.53 Å². The number of ether oxygens (including phenoxy) is 1. The van der Waals surface area contributed by atoms with Gasteiger partial charge in [0.05, 0.1) is 0 Å². The fourth-order valence-electron chi connectivity index (χ4n) is 1.71. The van der Waals surface area contributed by atoms with Gasteiger partial charge in [-0.1, -0.05) is 26.8 Å². The fourth-order valence-corrected chi connectivity index (χ4v) is 1.71. The van der Waals surface area contributed by atoms with Crippen LogP contribution in [0.4, 0.5) is 5.82 Å². The molecule has 1 amide bonds. The van der Waals surface area contributed by atoms with E-state index in [1.807, 2.05) is 32.9 Å².